The summed E-state index contributed by atoms with van der Waals surface area (Å²) in [6.45, 7) is 2.70. The minimum Gasteiger partial charge on any atom is -0.360 e. The molecule has 0 aliphatic rings. The second-order valence-corrected chi connectivity index (χ2v) is 8.73. The van der Waals surface area contributed by atoms with Crippen molar-refractivity contribution in [2.75, 3.05) is 0 Å². The molecule has 1 N–H and O–H groups in total. The Bertz CT molecular complexity index is 1690. The summed E-state index contributed by atoms with van der Waals surface area (Å²) in [5, 5.41) is 0.866. The summed E-state index contributed by atoms with van der Waals surface area (Å²) in [7, 11) is 0. The summed E-state index contributed by atoms with van der Waals surface area (Å²) < 4.78 is 15.4. The number of fused-ring (bicyclic) bond motifs is 2. The van der Waals surface area contributed by atoms with E-state index in [1.54, 1.807) is 18.3 Å². The van der Waals surface area contributed by atoms with Gasteiger partial charge in [-0.3, -0.25) is 4.79 Å². The van der Waals surface area contributed by atoms with Crippen LogP contribution in [0.4, 0.5) is 4.39 Å². The van der Waals surface area contributed by atoms with E-state index < -0.39 is 0 Å². The first-order valence-electron chi connectivity index (χ1n) is 11.5. The molecule has 0 aliphatic heterocycles. The van der Waals surface area contributed by atoms with Gasteiger partial charge in [-0.2, -0.15) is 0 Å². The van der Waals surface area contributed by atoms with Gasteiger partial charge in [0, 0.05) is 34.8 Å². The van der Waals surface area contributed by atoms with Crippen LogP contribution < -0.4 is 0 Å². The third-order valence-electron chi connectivity index (χ3n) is 6.51. The number of H-pyrrole nitrogens is 1. The molecule has 0 bridgehead atoms. The molecule has 0 aliphatic carbocycles. The van der Waals surface area contributed by atoms with Crippen molar-refractivity contribution < 1.29 is 9.18 Å². The summed E-state index contributed by atoms with van der Waals surface area (Å²) in [5.74, 6) is 0.675. The third-order valence-corrected chi connectivity index (χ3v) is 6.51. The number of imidazole rings is 1. The maximum absolute atomic E-state index is 13.3. The number of aromatic nitrogens is 3. The Kier molecular flexibility index (Phi) is 5.03. The molecule has 5 heteroatoms. The Morgan fingerprint density at radius 1 is 0.914 bits per heavy atom. The summed E-state index contributed by atoms with van der Waals surface area (Å²) in [6, 6.07) is 28.2. The molecule has 35 heavy (non-hydrogen) atoms. The fourth-order valence-corrected chi connectivity index (χ4v) is 4.63. The van der Waals surface area contributed by atoms with Gasteiger partial charge in [0.25, 0.3) is 0 Å². The zero-order valence-electron chi connectivity index (χ0n) is 19.1. The maximum atomic E-state index is 13.3. The van der Waals surface area contributed by atoms with E-state index in [4.69, 9.17) is 0 Å². The van der Waals surface area contributed by atoms with Crippen molar-refractivity contribution in [1.29, 1.82) is 0 Å². The Hall–Kier alpha value is -4.51. The van der Waals surface area contributed by atoms with Gasteiger partial charge in [0.1, 0.15) is 11.6 Å². The summed E-state index contributed by atoms with van der Waals surface area (Å²) in [5.41, 5.74) is 7.23. The van der Waals surface area contributed by atoms with Gasteiger partial charge in [-0.15, -0.1) is 0 Å². The standard InChI is InChI=1S/C30H22FN3O/c1-19-33-27-4-2-3-5-29(27)34(19)18-20-6-8-22(9-7-20)30(35)26-17-32-28-16-23(12-15-25(26)28)21-10-13-24(31)14-11-21/h2-17,32H,18H2,1H3. The predicted molar refractivity (Wildman–Crippen MR) is 137 cm³/mol. The number of halogens is 1. The van der Waals surface area contributed by atoms with Gasteiger partial charge in [0.05, 0.1) is 11.0 Å². The van der Waals surface area contributed by atoms with Crippen LogP contribution in [0.2, 0.25) is 0 Å². The number of carbonyl (C=O) groups excluding carboxylic acids is 1. The lowest BCUT2D eigenvalue weighted by molar-refractivity contribution is 0.104. The molecule has 0 saturated heterocycles. The fourth-order valence-electron chi connectivity index (χ4n) is 4.63. The number of benzene rings is 4. The molecule has 0 unspecified atom stereocenters. The van der Waals surface area contributed by atoms with E-state index in [0.29, 0.717) is 17.7 Å². The number of ketones is 1. The first-order chi connectivity index (χ1) is 17.1. The topological polar surface area (TPSA) is 50.7 Å². The van der Waals surface area contributed by atoms with E-state index in [1.165, 1.54) is 12.1 Å². The van der Waals surface area contributed by atoms with Crippen LogP contribution in [-0.4, -0.2) is 20.3 Å². The number of carbonyl (C=O) groups is 1. The SMILES string of the molecule is Cc1nc2ccccc2n1Cc1ccc(C(=O)c2c[nH]c3cc(-c4ccc(F)cc4)ccc23)cc1. The van der Waals surface area contributed by atoms with Crippen molar-refractivity contribution in [2.45, 2.75) is 13.5 Å². The highest BCUT2D eigenvalue weighted by Crippen LogP contribution is 2.28. The fraction of sp³-hybridized carbons (Fsp3) is 0.0667. The molecule has 0 spiro atoms. The van der Waals surface area contributed by atoms with E-state index in [0.717, 1.165) is 44.5 Å². The molecule has 170 valence electrons. The van der Waals surface area contributed by atoms with Crippen molar-refractivity contribution in [3.63, 3.8) is 0 Å². The van der Waals surface area contributed by atoms with E-state index >= 15 is 0 Å². The van der Waals surface area contributed by atoms with Crippen molar-refractivity contribution >= 4 is 27.7 Å². The Labute approximate surface area is 201 Å². The van der Waals surface area contributed by atoms with Crippen LogP contribution in [-0.2, 0) is 6.54 Å². The average Bonchev–Trinajstić information content (AvgIpc) is 3.45. The molecule has 0 fully saturated rings. The van der Waals surface area contributed by atoms with Gasteiger partial charge in [-0.05, 0) is 53.9 Å². The number of hydrogen-bond acceptors (Lipinski definition) is 2. The van der Waals surface area contributed by atoms with Crippen LogP contribution in [0, 0.1) is 12.7 Å². The van der Waals surface area contributed by atoms with E-state index in [2.05, 4.69) is 20.6 Å². The minimum atomic E-state index is -0.262. The van der Waals surface area contributed by atoms with Crippen LogP contribution in [0.5, 0.6) is 0 Å². The lowest BCUT2D eigenvalue weighted by atomic mass is 9.99. The molecule has 6 aromatic rings. The molecule has 0 amide bonds. The third kappa shape index (κ3) is 3.81. The van der Waals surface area contributed by atoms with Gasteiger partial charge in [0.15, 0.2) is 5.78 Å². The first kappa shape index (κ1) is 21.1. The monoisotopic (exact) mass is 459 g/mol. The van der Waals surface area contributed by atoms with Crippen LogP contribution in [0.15, 0.2) is 97.2 Å². The zero-order valence-corrected chi connectivity index (χ0v) is 19.1. The van der Waals surface area contributed by atoms with E-state index in [9.17, 15) is 9.18 Å². The van der Waals surface area contributed by atoms with E-state index in [-0.39, 0.29) is 11.6 Å². The number of nitrogens with zero attached hydrogens (tertiary/aromatic N) is 2. The lowest BCUT2D eigenvalue weighted by Gasteiger charge is -2.08. The van der Waals surface area contributed by atoms with Crippen LogP contribution in [0.25, 0.3) is 33.1 Å². The Morgan fingerprint density at radius 2 is 1.66 bits per heavy atom. The molecule has 2 aromatic heterocycles. The van der Waals surface area contributed by atoms with Crippen molar-refractivity contribution in [3.05, 3.63) is 126 Å². The van der Waals surface area contributed by atoms with Gasteiger partial charge < -0.3 is 9.55 Å². The van der Waals surface area contributed by atoms with Crippen molar-refractivity contribution in [3.8, 4) is 11.1 Å². The highest BCUT2D eigenvalue weighted by Gasteiger charge is 2.15. The number of rotatable bonds is 5. The van der Waals surface area contributed by atoms with Gasteiger partial charge >= 0.3 is 0 Å². The lowest BCUT2D eigenvalue weighted by Crippen LogP contribution is -2.04. The molecular weight excluding hydrogens is 437 g/mol. The molecule has 0 saturated carbocycles. The smallest absolute Gasteiger partial charge is 0.195 e. The largest absolute Gasteiger partial charge is 0.360 e. The number of aromatic amines is 1. The minimum absolute atomic E-state index is 0.0263. The Morgan fingerprint density at radius 3 is 2.46 bits per heavy atom. The second-order valence-electron chi connectivity index (χ2n) is 8.73. The summed E-state index contributed by atoms with van der Waals surface area (Å²) >= 11 is 0. The van der Waals surface area contributed by atoms with E-state index in [1.807, 2.05) is 67.6 Å². The normalized spacial score (nSPS) is 11.4. The molecule has 4 aromatic carbocycles. The summed E-state index contributed by atoms with van der Waals surface area (Å²) in [4.78, 5) is 21.1. The van der Waals surface area contributed by atoms with Crippen LogP contribution in [0.1, 0.15) is 27.3 Å². The molecular formula is C30H22FN3O. The molecule has 6 rings (SSSR count). The average molecular weight is 460 g/mol. The van der Waals surface area contributed by atoms with Gasteiger partial charge in [-0.1, -0.05) is 60.7 Å². The number of aryl methyl sites for hydroxylation is 1. The molecule has 0 radical (unpaired) electrons. The molecule has 2 heterocycles. The predicted octanol–water partition coefficient (Wildman–Crippen LogP) is 6.91. The summed E-state index contributed by atoms with van der Waals surface area (Å²) in [6.07, 6.45) is 1.76. The quantitative estimate of drug-likeness (QED) is 0.285. The molecule has 0 atom stereocenters. The highest BCUT2D eigenvalue weighted by atomic mass is 19.1. The number of nitrogens with one attached hydrogen (secondary N) is 1. The number of hydrogen-bond donors (Lipinski definition) is 1. The highest BCUT2D eigenvalue weighted by molar-refractivity contribution is 6.16. The van der Waals surface area contributed by atoms with Crippen molar-refractivity contribution in [2.24, 2.45) is 0 Å². The number of para-hydroxylation sites is 2. The van der Waals surface area contributed by atoms with Gasteiger partial charge in [-0.25, -0.2) is 9.37 Å². The Balaban J connectivity index is 1.26. The second kappa shape index (κ2) is 8.37. The maximum Gasteiger partial charge on any atom is 0.195 e. The van der Waals surface area contributed by atoms with Crippen molar-refractivity contribution in [1.82, 2.24) is 14.5 Å². The molecule has 4 nitrogen and oxygen atoms in total. The zero-order chi connectivity index (χ0) is 23.9. The van der Waals surface area contributed by atoms with Crippen LogP contribution >= 0.6 is 0 Å². The first-order valence-corrected chi connectivity index (χ1v) is 11.5. The van der Waals surface area contributed by atoms with Crippen LogP contribution in [0.3, 0.4) is 0 Å². The van der Waals surface area contributed by atoms with Gasteiger partial charge in [0.2, 0.25) is 0 Å².